The molecule has 2 fully saturated rings. The van der Waals surface area contributed by atoms with Crippen LogP contribution in [0, 0.1) is 22.7 Å². The molecule has 2 saturated carbocycles. The van der Waals surface area contributed by atoms with Crippen LogP contribution in [0.3, 0.4) is 0 Å². The number of ketones is 1. The molecule has 0 amide bonds. The first-order valence-electron chi connectivity index (χ1n) is 14.7. The lowest BCUT2D eigenvalue weighted by Crippen LogP contribution is -2.75. The third-order valence-electron chi connectivity index (χ3n) is 11.6. The molecule has 1 aliphatic heterocycles. The Morgan fingerprint density at radius 1 is 1.14 bits per heavy atom. The molecule has 5 aliphatic rings. The van der Waals surface area contributed by atoms with Crippen LogP contribution in [0.4, 0.5) is 0 Å². The van der Waals surface area contributed by atoms with Crippen LogP contribution in [0.1, 0.15) is 80.1 Å². The molecule has 5 rings (SSSR count). The van der Waals surface area contributed by atoms with Gasteiger partial charge in [0.1, 0.15) is 41.4 Å². The van der Waals surface area contributed by atoms with Gasteiger partial charge >= 0.3 is 17.9 Å². The topological polar surface area (TPSA) is 157 Å². The minimum Gasteiger partial charge on any atom is -0.465 e. The molecule has 9 atom stereocenters. The number of aliphatic hydroxyl groups is 3. The third kappa shape index (κ3) is 3.87. The summed E-state index contributed by atoms with van der Waals surface area (Å²) in [6.07, 6.45) is 3.84. The minimum atomic E-state index is -2.26. The Morgan fingerprint density at radius 3 is 2.45 bits per heavy atom. The maximum atomic E-state index is 13.5. The van der Waals surface area contributed by atoms with Gasteiger partial charge in [-0.25, -0.2) is 4.79 Å². The average Bonchev–Trinajstić information content (AvgIpc) is 3.10. The molecule has 0 unspecified atom stereocenters. The zero-order valence-corrected chi connectivity index (χ0v) is 25.2. The molecule has 0 saturated heterocycles. The van der Waals surface area contributed by atoms with Gasteiger partial charge < -0.3 is 29.5 Å². The number of cyclic esters (lactones) is 1. The van der Waals surface area contributed by atoms with E-state index in [1.165, 1.54) is 20.8 Å². The Morgan fingerprint density at radius 2 is 1.83 bits per heavy atom. The second kappa shape index (κ2) is 9.86. The number of rotatable bonds is 5. The van der Waals surface area contributed by atoms with E-state index in [1.807, 2.05) is 25.2 Å². The molecule has 0 aromatic rings. The van der Waals surface area contributed by atoms with Gasteiger partial charge in [0, 0.05) is 38.7 Å². The average molecular weight is 587 g/mol. The van der Waals surface area contributed by atoms with Crippen molar-refractivity contribution in [1.82, 2.24) is 0 Å². The number of allylic oxidation sites excluding steroid dienone is 4. The van der Waals surface area contributed by atoms with Crippen molar-refractivity contribution < 1.29 is 48.7 Å². The highest BCUT2D eigenvalue weighted by Gasteiger charge is 2.82. The zero-order chi connectivity index (χ0) is 31.0. The van der Waals surface area contributed by atoms with E-state index in [2.05, 4.69) is 0 Å². The molecule has 0 radical (unpaired) electrons. The van der Waals surface area contributed by atoms with Gasteiger partial charge in [-0.1, -0.05) is 23.8 Å². The van der Waals surface area contributed by atoms with Gasteiger partial charge in [-0.15, -0.1) is 0 Å². The van der Waals surface area contributed by atoms with Crippen LogP contribution in [0.5, 0.6) is 0 Å². The van der Waals surface area contributed by atoms with Gasteiger partial charge in [0.05, 0.1) is 10.8 Å². The first kappa shape index (κ1) is 30.6. The second-order valence-electron chi connectivity index (χ2n) is 13.4. The van der Waals surface area contributed by atoms with Crippen LogP contribution >= 0.6 is 0 Å². The van der Waals surface area contributed by atoms with Gasteiger partial charge in [-0.05, 0) is 64.4 Å². The predicted molar refractivity (Wildman–Crippen MR) is 148 cm³/mol. The van der Waals surface area contributed by atoms with E-state index in [4.69, 9.17) is 14.2 Å². The standard InChI is InChI=1S/C32H42O10/c1-17-14-25(42-27(36)18(17)2)29(6,37)31(38)15-26(41-20(4)34)32(39)23-11-10-21-8-7-9-24(35)28(21,5)22(23)12-13-30(31,32)16-40-19(3)33/h7-8,10,22-23,25-26,37-39H,9,11-16H2,1-6H3/t22-,23+,25+,26-,28-,29-,30-,31-,32-/m0/s1. The van der Waals surface area contributed by atoms with Gasteiger partial charge in [0.2, 0.25) is 0 Å². The zero-order valence-electron chi connectivity index (χ0n) is 25.2. The maximum Gasteiger partial charge on any atom is 0.334 e. The number of esters is 3. The van der Waals surface area contributed by atoms with Crippen molar-refractivity contribution in [2.24, 2.45) is 22.7 Å². The molecule has 0 aromatic heterocycles. The molecule has 10 nitrogen and oxygen atoms in total. The molecule has 1 heterocycles. The van der Waals surface area contributed by atoms with Crippen LogP contribution in [0.2, 0.25) is 0 Å². The minimum absolute atomic E-state index is 0.0121. The molecule has 10 heteroatoms. The van der Waals surface area contributed by atoms with Gasteiger partial charge in [0.25, 0.3) is 0 Å². The number of hydrogen-bond donors (Lipinski definition) is 3. The summed E-state index contributed by atoms with van der Waals surface area (Å²) in [4.78, 5) is 50.9. The predicted octanol–water partition coefficient (Wildman–Crippen LogP) is 2.63. The summed E-state index contributed by atoms with van der Waals surface area (Å²) < 4.78 is 17.0. The lowest BCUT2D eigenvalue weighted by molar-refractivity contribution is -0.299. The van der Waals surface area contributed by atoms with Crippen LogP contribution in [0.25, 0.3) is 0 Å². The lowest BCUT2D eigenvalue weighted by atomic mass is 9.44. The molecule has 0 spiro atoms. The summed E-state index contributed by atoms with van der Waals surface area (Å²) >= 11 is 0. The summed E-state index contributed by atoms with van der Waals surface area (Å²) in [5, 5.41) is 38.3. The van der Waals surface area contributed by atoms with Crippen LogP contribution < -0.4 is 0 Å². The van der Waals surface area contributed by atoms with Crippen molar-refractivity contribution in [2.75, 3.05) is 6.61 Å². The van der Waals surface area contributed by atoms with Crippen molar-refractivity contribution in [1.29, 1.82) is 0 Å². The Bertz CT molecular complexity index is 1320. The highest BCUT2D eigenvalue weighted by molar-refractivity contribution is 5.92. The number of hydrogen-bond acceptors (Lipinski definition) is 10. The summed E-state index contributed by atoms with van der Waals surface area (Å²) in [6.45, 7) is 8.52. The number of fused-ring (bicyclic) bond motifs is 5. The Kier molecular flexibility index (Phi) is 7.19. The van der Waals surface area contributed by atoms with E-state index in [-0.39, 0.29) is 31.0 Å². The van der Waals surface area contributed by atoms with Crippen molar-refractivity contribution in [3.05, 3.63) is 34.9 Å². The number of carbonyl (C=O) groups excluding carboxylic acids is 4. The van der Waals surface area contributed by atoms with E-state index < -0.39 is 76.7 Å². The van der Waals surface area contributed by atoms with Crippen molar-refractivity contribution in [3.63, 3.8) is 0 Å². The lowest BCUT2D eigenvalue weighted by Gasteiger charge is -2.63. The number of ether oxygens (including phenoxy) is 3. The van der Waals surface area contributed by atoms with Gasteiger partial charge in [-0.2, -0.15) is 0 Å². The molecular weight excluding hydrogens is 544 g/mol. The Hall–Kier alpha value is -2.82. The van der Waals surface area contributed by atoms with E-state index in [1.54, 1.807) is 13.8 Å². The van der Waals surface area contributed by atoms with Crippen LogP contribution in [-0.4, -0.2) is 74.6 Å². The van der Waals surface area contributed by atoms with Gasteiger partial charge in [-0.3, -0.25) is 14.4 Å². The smallest absolute Gasteiger partial charge is 0.334 e. The summed E-state index contributed by atoms with van der Waals surface area (Å²) in [7, 11) is 0. The molecular formula is C32H42O10. The van der Waals surface area contributed by atoms with Crippen LogP contribution in [-0.2, 0) is 33.4 Å². The Balaban J connectivity index is 1.71. The fourth-order valence-corrected chi connectivity index (χ4v) is 9.00. The SMILES string of the molecule is CC(=O)OC[C@]12CC[C@H]3[C@@H](CC=C4C=CCC(=O)[C@@]43C)[C@]1(O)[C@@H](OC(C)=O)C[C@]2(O)[C@@](C)(O)[C@H]1CC(C)=C(C)C(=O)O1. The van der Waals surface area contributed by atoms with Crippen molar-refractivity contribution >= 4 is 23.7 Å². The molecule has 4 aliphatic carbocycles. The first-order chi connectivity index (χ1) is 19.5. The van der Waals surface area contributed by atoms with E-state index >= 15 is 0 Å². The van der Waals surface area contributed by atoms with Crippen molar-refractivity contribution in [3.8, 4) is 0 Å². The summed E-state index contributed by atoms with van der Waals surface area (Å²) in [6, 6.07) is 0. The summed E-state index contributed by atoms with van der Waals surface area (Å²) in [5.41, 5.74) is -7.16. The normalized spacial score (nSPS) is 42.5. The van der Waals surface area contributed by atoms with E-state index in [9.17, 15) is 34.5 Å². The van der Waals surface area contributed by atoms with Gasteiger partial charge in [0.15, 0.2) is 0 Å². The fourth-order valence-electron chi connectivity index (χ4n) is 9.00. The first-order valence-corrected chi connectivity index (χ1v) is 14.7. The molecule has 230 valence electrons. The largest absolute Gasteiger partial charge is 0.465 e. The molecule has 42 heavy (non-hydrogen) atoms. The van der Waals surface area contributed by atoms with Crippen molar-refractivity contribution in [2.45, 2.75) is 109 Å². The second-order valence-corrected chi connectivity index (χ2v) is 13.4. The summed E-state index contributed by atoms with van der Waals surface area (Å²) in [5.74, 6) is -3.05. The van der Waals surface area contributed by atoms with Crippen LogP contribution in [0.15, 0.2) is 34.9 Å². The Labute approximate surface area is 245 Å². The quantitative estimate of drug-likeness (QED) is 0.323. The molecule has 3 N–H and O–H groups in total. The molecule has 0 bridgehead atoms. The highest BCUT2D eigenvalue weighted by atomic mass is 16.6. The monoisotopic (exact) mass is 586 g/mol. The number of carbonyl (C=O) groups is 4. The van der Waals surface area contributed by atoms with E-state index in [0.717, 1.165) is 5.57 Å². The maximum absolute atomic E-state index is 13.5. The molecule has 0 aromatic carbocycles. The number of Topliss-reactive ketones (excluding diaryl/α,β-unsaturated/α-hetero) is 1. The fraction of sp³-hybridized carbons (Fsp3) is 0.688. The third-order valence-corrected chi connectivity index (χ3v) is 11.6. The van der Waals surface area contributed by atoms with E-state index in [0.29, 0.717) is 24.0 Å². The highest BCUT2D eigenvalue weighted by Crippen LogP contribution is 2.71.